The first-order chi connectivity index (χ1) is 7.52. The molecule has 0 amide bonds. The number of benzene rings is 1. The predicted octanol–water partition coefficient (Wildman–Crippen LogP) is 2.99. The van der Waals surface area contributed by atoms with Gasteiger partial charge in [0.25, 0.3) is 0 Å². The molecule has 0 saturated carbocycles. The van der Waals surface area contributed by atoms with Gasteiger partial charge in [-0.15, -0.1) is 0 Å². The Bertz CT molecular complexity index is 499. The van der Waals surface area contributed by atoms with Crippen LogP contribution in [0.4, 0.5) is 13.2 Å². The van der Waals surface area contributed by atoms with Gasteiger partial charge in [0.1, 0.15) is 11.3 Å². The maximum Gasteiger partial charge on any atom is 0.417 e. The second-order valence-corrected chi connectivity index (χ2v) is 3.40. The van der Waals surface area contributed by atoms with E-state index in [1.807, 2.05) is 0 Å². The Kier molecular flexibility index (Phi) is 2.63. The lowest BCUT2D eigenvalue weighted by Gasteiger charge is -2.06. The molecule has 0 aliphatic carbocycles. The molecule has 1 aromatic heterocycles. The van der Waals surface area contributed by atoms with Crippen LogP contribution in [0.5, 0.6) is 0 Å². The number of aliphatic hydroxyl groups excluding tert-OH is 1. The summed E-state index contributed by atoms with van der Waals surface area (Å²) in [5.41, 5.74) is -0.517. The van der Waals surface area contributed by atoms with Gasteiger partial charge in [-0.25, -0.2) is 0 Å². The molecule has 1 heterocycles. The van der Waals surface area contributed by atoms with Gasteiger partial charge in [0.15, 0.2) is 0 Å². The molecular weight excluding hydrogens is 221 g/mol. The normalized spacial score (nSPS) is 12.2. The zero-order valence-corrected chi connectivity index (χ0v) is 8.21. The van der Waals surface area contributed by atoms with Crippen molar-refractivity contribution in [2.24, 2.45) is 0 Å². The number of furan rings is 1. The largest absolute Gasteiger partial charge is 0.461 e. The van der Waals surface area contributed by atoms with Crippen molar-refractivity contribution in [1.29, 1.82) is 0 Å². The van der Waals surface area contributed by atoms with E-state index in [1.165, 1.54) is 18.2 Å². The fourth-order valence-electron chi connectivity index (χ4n) is 1.59. The van der Waals surface area contributed by atoms with Crippen molar-refractivity contribution >= 4 is 11.0 Å². The van der Waals surface area contributed by atoms with Crippen molar-refractivity contribution in [2.75, 3.05) is 6.61 Å². The van der Waals surface area contributed by atoms with Crippen LogP contribution < -0.4 is 0 Å². The van der Waals surface area contributed by atoms with Gasteiger partial charge in [-0.2, -0.15) is 13.2 Å². The Morgan fingerprint density at radius 1 is 1.25 bits per heavy atom. The highest BCUT2D eigenvalue weighted by molar-refractivity contribution is 5.82. The number of hydrogen-bond donors (Lipinski definition) is 1. The van der Waals surface area contributed by atoms with Gasteiger partial charge in [-0.3, -0.25) is 0 Å². The molecule has 0 fully saturated rings. The Morgan fingerprint density at radius 3 is 2.62 bits per heavy atom. The van der Waals surface area contributed by atoms with Crippen molar-refractivity contribution in [3.05, 3.63) is 35.6 Å². The number of fused-ring (bicyclic) bond motifs is 1. The molecule has 2 aromatic rings. The molecular formula is C11H9F3O2. The van der Waals surface area contributed by atoms with E-state index in [4.69, 9.17) is 9.52 Å². The van der Waals surface area contributed by atoms with E-state index in [0.29, 0.717) is 5.76 Å². The highest BCUT2D eigenvalue weighted by Crippen LogP contribution is 2.35. The van der Waals surface area contributed by atoms with Crippen molar-refractivity contribution in [3.8, 4) is 0 Å². The van der Waals surface area contributed by atoms with E-state index in [0.717, 1.165) is 6.07 Å². The molecule has 0 aliphatic heterocycles. The van der Waals surface area contributed by atoms with Gasteiger partial charge in [-0.1, -0.05) is 6.07 Å². The van der Waals surface area contributed by atoms with Crippen LogP contribution in [0.15, 0.2) is 28.7 Å². The average molecular weight is 230 g/mol. The molecule has 2 rings (SSSR count). The molecule has 1 aromatic carbocycles. The Labute approximate surface area is 89.3 Å². The van der Waals surface area contributed by atoms with Crippen molar-refractivity contribution in [3.63, 3.8) is 0 Å². The molecule has 2 nitrogen and oxygen atoms in total. The minimum atomic E-state index is -4.39. The number of rotatable bonds is 2. The van der Waals surface area contributed by atoms with Crippen molar-refractivity contribution in [1.82, 2.24) is 0 Å². The SMILES string of the molecule is OCCc1cc2c(C(F)(F)F)cccc2o1. The van der Waals surface area contributed by atoms with E-state index in [2.05, 4.69) is 0 Å². The Balaban J connectivity index is 2.59. The lowest BCUT2D eigenvalue weighted by atomic mass is 10.1. The maximum atomic E-state index is 12.6. The summed E-state index contributed by atoms with van der Waals surface area (Å²) in [7, 11) is 0. The van der Waals surface area contributed by atoms with Crippen molar-refractivity contribution in [2.45, 2.75) is 12.6 Å². The maximum absolute atomic E-state index is 12.6. The van der Waals surface area contributed by atoms with E-state index in [-0.39, 0.29) is 24.0 Å². The zero-order chi connectivity index (χ0) is 11.8. The first-order valence-electron chi connectivity index (χ1n) is 4.72. The van der Waals surface area contributed by atoms with Crippen LogP contribution >= 0.6 is 0 Å². The van der Waals surface area contributed by atoms with Crippen molar-refractivity contribution < 1.29 is 22.7 Å². The lowest BCUT2D eigenvalue weighted by molar-refractivity contribution is -0.136. The van der Waals surface area contributed by atoms with Crippen LogP contribution in [0.3, 0.4) is 0 Å². The minimum absolute atomic E-state index is 0.0402. The third-order valence-corrected chi connectivity index (χ3v) is 2.28. The monoisotopic (exact) mass is 230 g/mol. The van der Waals surface area contributed by atoms with Crippen LogP contribution in [0.2, 0.25) is 0 Å². The minimum Gasteiger partial charge on any atom is -0.461 e. The number of halogens is 3. The fraction of sp³-hybridized carbons (Fsp3) is 0.273. The summed E-state index contributed by atoms with van der Waals surface area (Å²) in [5, 5.41) is 8.73. The van der Waals surface area contributed by atoms with E-state index >= 15 is 0 Å². The summed E-state index contributed by atoms with van der Waals surface area (Å²) < 4.78 is 43.0. The molecule has 1 N–H and O–H groups in total. The van der Waals surface area contributed by atoms with Crippen LogP contribution in [0, 0.1) is 0 Å². The molecule has 16 heavy (non-hydrogen) atoms. The molecule has 0 saturated heterocycles. The van der Waals surface area contributed by atoms with Gasteiger partial charge in [-0.05, 0) is 18.2 Å². The van der Waals surface area contributed by atoms with E-state index < -0.39 is 11.7 Å². The number of aliphatic hydroxyl groups is 1. The molecule has 0 unspecified atom stereocenters. The Morgan fingerprint density at radius 2 is 2.00 bits per heavy atom. The molecule has 0 spiro atoms. The first kappa shape index (κ1) is 11.0. The summed E-state index contributed by atoms with van der Waals surface area (Å²) in [5.74, 6) is 0.356. The fourth-order valence-corrected chi connectivity index (χ4v) is 1.59. The second kappa shape index (κ2) is 3.83. The summed E-state index contributed by atoms with van der Waals surface area (Å²) in [6.07, 6.45) is -4.17. The molecule has 0 atom stereocenters. The van der Waals surface area contributed by atoms with Gasteiger partial charge in [0, 0.05) is 11.8 Å². The van der Waals surface area contributed by atoms with Gasteiger partial charge in [0.2, 0.25) is 0 Å². The molecule has 0 aliphatic rings. The standard InChI is InChI=1S/C11H9F3O2/c12-11(13,14)9-2-1-3-10-8(9)6-7(16-10)4-5-15/h1-3,6,15H,4-5H2. The molecule has 86 valence electrons. The van der Waals surface area contributed by atoms with Gasteiger partial charge in [0.05, 0.1) is 12.2 Å². The highest BCUT2D eigenvalue weighted by atomic mass is 19.4. The van der Waals surface area contributed by atoms with Gasteiger partial charge >= 0.3 is 6.18 Å². The number of alkyl halides is 3. The van der Waals surface area contributed by atoms with Crippen LogP contribution in [0.25, 0.3) is 11.0 Å². The third kappa shape index (κ3) is 1.90. The third-order valence-electron chi connectivity index (χ3n) is 2.28. The molecule has 0 bridgehead atoms. The predicted molar refractivity (Wildman–Crippen MR) is 52.0 cm³/mol. The topological polar surface area (TPSA) is 33.4 Å². The zero-order valence-electron chi connectivity index (χ0n) is 8.21. The second-order valence-electron chi connectivity index (χ2n) is 3.40. The molecule has 5 heteroatoms. The summed E-state index contributed by atoms with van der Waals surface area (Å²) in [6, 6.07) is 5.12. The summed E-state index contributed by atoms with van der Waals surface area (Å²) in [6.45, 7) is -0.152. The van der Waals surface area contributed by atoms with E-state index in [1.54, 1.807) is 0 Å². The van der Waals surface area contributed by atoms with Crippen LogP contribution in [-0.4, -0.2) is 11.7 Å². The summed E-state index contributed by atoms with van der Waals surface area (Å²) in [4.78, 5) is 0. The van der Waals surface area contributed by atoms with Gasteiger partial charge < -0.3 is 9.52 Å². The van der Waals surface area contributed by atoms with Crippen LogP contribution in [0.1, 0.15) is 11.3 Å². The lowest BCUT2D eigenvalue weighted by Crippen LogP contribution is -2.04. The number of hydrogen-bond acceptors (Lipinski definition) is 2. The highest BCUT2D eigenvalue weighted by Gasteiger charge is 2.33. The Hall–Kier alpha value is -1.49. The average Bonchev–Trinajstić information content (AvgIpc) is 2.58. The quantitative estimate of drug-likeness (QED) is 0.860. The smallest absolute Gasteiger partial charge is 0.417 e. The van der Waals surface area contributed by atoms with E-state index in [9.17, 15) is 13.2 Å². The van der Waals surface area contributed by atoms with Crippen LogP contribution in [-0.2, 0) is 12.6 Å². The molecule has 0 radical (unpaired) electrons. The summed E-state index contributed by atoms with van der Waals surface area (Å²) >= 11 is 0. The first-order valence-corrected chi connectivity index (χ1v) is 4.72.